The zero-order chi connectivity index (χ0) is 14.7. The minimum absolute atomic E-state index is 0.0279. The Balaban J connectivity index is 2.25. The molecule has 0 aliphatic heterocycles. The smallest absolute Gasteiger partial charge is 0.314 e. The lowest BCUT2D eigenvalue weighted by Crippen LogP contribution is -2.06. The molecule has 2 rings (SSSR count). The molecular weight excluding hydrogens is 322 g/mol. The summed E-state index contributed by atoms with van der Waals surface area (Å²) >= 11 is 3.42. The number of rotatable bonds is 4. The first-order valence-electron chi connectivity index (χ1n) is 6.08. The van der Waals surface area contributed by atoms with E-state index in [0.29, 0.717) is 17.9 Å². The predicted octanol–water partition coefficient (Wildman–Crippen LogP) is 3.98. The molecule has 1 aromatic carbocycles. The fourth-order valence-corrected chi connectivity index (χ4v) is 2.33. The van der Waals surface area contributed by atoms with E-state index in [0.717, 1.165) is 15.6 Å². The first-order valence-corrected chi connectivity index (χ1v) is 6.87. The number of aryl methyl sites for hydroxylation is 2. The molecule has 0 aliphatic carbocycles. The van der Waals surface area contributed by atoms with Gasteiger partial charge in [-0.05, 0) is 43.2 Å². The van der Waals surface area contributed by atoms with Gasteiger partial charge in [0.05, 0.1) is 4.92 Å². The average molecular weight is 336 g/mol. The Labute approximate surface area is 125 Å². The van der Waals surface area contributed by atoms with Crippen LogP contribution in [0.3, 0.4) is 0 Å². The SMILES string of the molecule is Cc1ccc(Br)cc1CNc1nccc(C)c1[N+](=O)[O-]. The standard InChI is InChI=1S/C14H14BrN3O2/c1-9-3-4-12(15)7-11(9)8-17-14-13(18(19)20)10(2)5-6-16-14/h3-7H,8H2,1-2H3,(H,16,17). The van der Waals surface area contributed by atoms with Crippen molar-refractivity contribution in [1.29, 1.82) is 0 Å². The molecule has 0 unspecified atom stereocenters. The average Bonchev–Trinajstić information content (AvgIpc) is 2.39. The van der Waals surface area contributed by atoms with Crippen LogP contribution in [0.5, 0.6) is 0 Å². The molecule has 0 aliphatic rings. The summed E-state index contributed by atoms with van der Waals surface area (Å²) in [5.41, 5.74) is 2.81. The number of nitro groups is 1. The fraction of sp³-hybridized carbons (Fsp3) is 0.214. The van der Waals surface area contributed by atoms with E-state index in [-0.39, 0.29) is 5.69 Å². The van der Waals surface area contributed by atoms with Crippen molar-refractivity contribution in [3.63, 3.8) is 0 Å². The summed E-state index contributed by atoms with van der Waals surface area (Å²) in [6, 6.07) is 7.59. The molecule has 1 N–H and O–H groups in total. The maximum Gasteiger partial charge on any atom is 0.314 e. The van der Waals surface area contributed by atoms with E-state index in [1.165, 1.54) is 0 Å². The number of nitrogens with one attached hydrogen (secondary N) is 1. The van der Waals surface area contributed by atoms with Crippen LogP contribution in [0.4, 0.5) is 11.5 Å². The van der Waals surface area contributed by atoms with Gasteiger partial charge in [-0.2, -0.15) is 0 Å². The van der Waals surface area contributed by atoms with Gasteiger partial charge in [-0.15, -0.1) is 0 Å². The minimum Gasteiger partial charge on any atom is -0.360 e. The largest absolute Gasteiger partial charge is 0.360 e. The van der Waals surface area contributed by atoms with Crippen molar-refractivity contribution in [2.75, 3.05) is 5.32 Å². The Morgan fingerprint density at radius 3 is 2.75 bits per heavy atom. The Hall–Kier alpha value is -1.95. The Kier molecular flexibility index (Phi) is 4.34. The van der Waals surface area contributed by atoms with Crippen LogP contribution in [0.1, 0.15) is 16.7 Å². The third-order valence-corrected chi connectivity index (χ3v) is 3.56. The number of nitrogens with zero attached hydrogens (tertiary/aromatic N) is 2. The molecule has 20 heavy (non-hydrogen) atoms. The third-order valence-electron chi connectivity index (χ3n) is 3.07. The molecule has 6 heteroatoms. The predicted molar refractivity (Wildman–Crippen MR) is 81.8 cm³/mol. The minimum atomic E-state index is -0.404. The molecule has 1 heterocycles. The first kappa shape index (κ1) is 14.5. The van der Waals surface area contributed by atoms with Crippen molar-refractivity contribution in [3.05, 3.63) is 61.7 Å². The molecule has 2 aromatic rings. The number of halogens is 1. The van der Waals surface area contributed by atoms with Crippen LogP contribution in [0.25, 0.3) is 0 Å². The van der Waals surface area contributed by atoms with Crippen LogP contribution in [-0.2, 0) is 6.54 Å². The van der Waals surface area contributed by atoms with Crippen LogP contribution in [0.15, 0.2) is 34.9 Å². The maximum absolute atomic E-state index is 11.1. The van der Waals surface area contributed by atoms with E-state index in [4.69, 9.17) is 0 Å². The van der Waals surface area contributed by atoms with Crippen molar-refractivity contribution in [2.45, 2.75) is 20.4 Å². The highest BCUT2D eigenvalue weighted by molar-refractivity contribution is 9.10. The van der Waals surface area contributed by atoms with Gasteiger partial charge in [0.2, 0.25) is 5.82 Å². The maximum atomic E-state index is 11.1. The van der Waals surface area contributed by atoms with Crippen LogP contribution < -0.4 is 5.32 Å². The zero-order valence-corrected chi connectivity index (χ0v) is 12.8. The molecule has 104 valence electrons. The van der Waals surface area contributed by atoms with Crippen LogP contribution in [-0.4, -0.2) is 9.91 Å². The normalized spacial score (nSPS) is 10.3. The molecular formula is C14H14BrN3O2. The number of hydrogen-bond donors (Lipinski definition) is 1. The third kappa shape index (κ3) is 3.14. The summed E-state index contributed by atoms with van der Waals surface area (Å²) in [5.74, 6) is 0.300. The molecule has 0 bridgehead atoms. The van der Waals surface area contributed by atoms with Gasteiger partial charge >= 0.3 is 5.69 Å². The molecule has 0 fully saturated rings. The van der Waals surface area contributed by atoms with Crippen molar-refractivity contribution < 1.29 is 4.92 Å². The number of aromatic nitrogens is 1. The van der Waals surface area contributed by atoms with Gasteiger partial charge in [-0.3, -0.25) is 10.1 Å². The molecule has 0 radical (unpaired) electrons. The first-order chi connectivity index (χ1) is 9.49. The number of pyridine rings is 1. The van der Waals surface area contributed by atoms with Crippen molar-refractivity contribution >= 4 is 27.4 Å². The van der Waals surface area contributed by atoms with Gasteiger partial charge in [0.15, 0.2) is 0 Å². The summed E-state index contributed by atoms with van der Waals surface area (Å²) in [7, 11) is 0. The number of hydrogen-bond acceptors (Lipinski definition) is 4. The van der Waals surface area contributed by atoms with Crippen molar-refractivity contribution in [2.24, 2.45) is 0 Å². The Morgan fingerprint density at radius 2 is 2.05 bits per heavy atom. The molecule has 0 spiro atoms. The van der Waals surface area contributed by atoms with E-state index in [1.54, 1.807) is 19.2 Å². The van der Waals surface area contributed by atoms with Gasteiger partial charge < -0.3 is 5.32 Å². The van der Waals surface area contributed by atoms with Crippen LogP contribution >= 0.6 is 15.9 Å². The highest BCUT2D eigenvalue weighted by atomic mass is 79.9. The molecule has 0 atom stereocenters. The second kappa shape index (κ2) is 6.00. The summed E-state index contributed by atoms with van der Waals surface area (Å²) in [6.07, 6.45) is 1.57. The second-order valence-corrected chi connectivity index (χ2v) is 5.42. The van der Waals surface area contributed by atoms with Gasteiger partial charge in [-0.25, -0.2) is 4.98 Å². The lowest BCUT2D eigenvalue weighted by Gasteiger charge is -2.10. The lowest BCUT2D eigenvalue weighted by atomic mass is 10.1. The van der Waals surface area contributed by atoms with Crippen LogP contribution in [0, 0.1) is 24.0 Å². The van der Waals surface area contributed by atoms with Gasteiger partial charge in [-0.1, -0.05) is 22.0 Å². The van der Waals surface area contributed by atoms with Crippen molar-refractivity contribution in [3.8, 4) is 0 Å². The molecule has 0 saturated carbocycles. The highest BCUT2D eigenvalue weighted by Crippen LogP contribution is 2.26. The summed E-state index contributed by atoms with van der Waals surface area (Å²) in [4.78, 5) is 14.8. The summed E-state index contributed by atoms with van der Waals surface area (Å²) < 4.78 is 0.978. The van der Waals surface area contributed by atoms with E-state index >= 15 is 0 Å². The summed E-state index contributed by atoms with van der Waals surface area (Å²) in [5, 5.41) is 14.1. The van der Waals surface area contributed by atoms with Crippen molar-refractivity contribution in [1.82, 2.24) is 4.98 Å². The van der Waals surface area contributed by atoms with Gasteiger partial charge in [0, 0.05) is 22.8 Å². The summed E-state index contributed by atoms with van der Waals surface area (Å²) in [6.45, 7) is 4.19. The number of anilines is 1. The molecule has 5 nitrogen and oxygen atoms in total. The molecule has 0 amide bonds. The van der Waals surface area contributed by atoms with E-state index in [1.807, 2.05) is 25.1 Å². The fourth-order valence-electron chi connectivity index (χ4n) is 1.92. The number of benzene rings is 1. The topological polar surface area (TPSA) is 68.1 Å². The zero-order valence-electron chi connectivity index (χ0n) is 11.2. The van der Waals surface area contributed by atoms with E-state index < -0.39 is 4.92 Å². The Bertz CT molecular complexity index is 659. The monoisotopic (exact) mass is 335 g/mol. The van der Waals surface area contributed by atoms with Gasteiger partial charge in [0.25, 0.3) is 0 Å². The van der Waals surface area contributed by atoms with Crippen LogP contribution in [0.2, 0.25) is 0 Å². The second-order valence-electron chi connectivity index (χ2n) is 4.51. The Morgan fingerprint density at radius 1 is 1.30 bits per heavy atom. The van der Waals surface area contributed by atoms with E-state index in [2.05, 4.69) is 26.2 Å². The molecule has 1 aromatic heterocycles. The lowest BCUT2D eigenvalue weighted by molar-refractivity contribution is -0.384. The van der Waals surface area contributed by atoms with Gasteiger partial charge in [0.1, 0.15) is 0 Å². The highest BCUT2D eigenvalue weighted by Gasteiger charge is 2.18. The molecule has 0 saturated heterocycles. The van der Waals surface area contributed by atoms with E-state index in [9.17, 15) is 10.1 Å². The quantitative estimate of drug-likeness (QED) is 0.677.